The molecule has 50 heavy (non-hydrogen) atoms. The van der Waals surface area contributed by atoms with Crippen LogP contribution < -0.4 is 25.4 Å². The molecule has 0 aromatic heterocycles. The summed E-state index contributed by atoms with van der Waals surface area (Å²) in [6.07, 6.45) is -8.49. The van der Waals surface area contributed by atoms with Crippen molar-refractivity contribution in [1.82, 2.24) is 10.2 Å². The molecule has 10 nitrogen and oxygen atoms in total. The van der Waals surface area contributed by atoms with E-state index < -0.39 is 35.7 Å². The van der Waals surface area contributed by atoms with Crippen molar-refractivity contribution in [3.63, 3.8) is 0 Å². The molecule has 0 aliphatic carbocycles. The minimum absolute atomic E-state index is 0.235. The third-order valence-corrected chi connectivity index (χ3v) is 8.37. The molecule has 0 atom stereocenters. The number of rotatable bonds is 8. The van der Waals surface area contributed by atoms with E-state index in [1.165, 1.54) is 24.3 Å². The van der Waals surface area contributed by atoms with Crippen molar-refractivity contribution in [2.75, 3.05) is 36.8 Å². The van der Waals surface area contributed by atoms with Crippen molar-refractivity contribution in [2.45, 2.75) is 56.2 Å². The highest BCUT2D eigenvalue weighted by atomic mass is 35.5. The lowest BCUT2D eigenvalue weighted by Crippen LogP contribution is -2.51. The zero-order valence-corrected chi connectivity index (χ0v) is 27.2. The van der Waals surface area contributed by atoms with Crippen LogP contribution in [-0.4, -0.2) is 77.0 Å². The molecule has 3 aromatic rings. The molecule has 0 spiro atoms. The maximum Gasteiger partial charge on any atom is 0.573 e. The molecule has 2 aliphatic rings. The minimum atomic E-state index is -4.78. The van der Waals surface area contributed by atoms with Crippen LogP contribution in [0.25, 0.3) is 0 Å². The van der Waals surface area contributed by atoms with E-state index in [1.54, 1.807) is 0 Å². The van der Waals surface area contributed by atoms with Crippen LogP contribution in [0.3, 0.4) is 0 Å². The highest BCUT2D eigenvalue weighted by Crippen LogP contribution is 2.29. The maximum absolute atomic E-state index is 12.5. The van der Waals surface area contributed by atoms with Crippen LogP contribution in [0.5, 0.6) is 11.5 Å². The molecule has 272 valence electrons. The number of aliphatic hydroxyl groups is 2. The van der Waals surface area contributed by atoms with Gasteiger partial charge in [0, 0.05) is 36.0 Å². The third kappa shape index (κ3) is 11.8. The van der Waals surface area contributed by atoms with E-state index in [4.69, 9.17) is 11.6 Å². The first-order valence-corrected chi connectivity index (χ1v) is 15.8. The van der Waals surface area contributed by atoms with Crippen molar-refractivity contribution in [2.24, 2.45) is 0 Å². The van der Waals surface area contributed by atoms with Crippen molar-refractivity contribution in [1.29, 1.82) is 0 Å². The standard InChI is InChI=1S/C20H20ClF3N2O3.C13H15F3N2O3/c21-17-4-2-1-3-14(17)13-26-11-9-19(28,10-12-26)18(27)25-15-5-7-16(8-6-15)29-20(22,23)24;14-13(15,16)21-10-3-1-9(2-4-10)18-11(19)12(20)5-7-17-8-6-12/h1-8,28H,9-13H2,(H,25,27);1-4,17,20H,5-8H2,(H,18,19). The fourth-order valence-electron chi connectivity index (χ4n) is 5.22. The van der Waals surface area contributed by atoms with Crippen molar-refractivity contribution in [3.8, 4) is 11.5 Å². The van der Waals surface area contributed by atoms with Crippen LogP contribution in [0.15, 0.2) is 72.8 Å². The molecule has 0 bridgehead atoms. The van der Waals surface area contributed by atoms with Crippen LogP contribution in [0.1, 0.15) is 31.2 Å². The predicted octanol–water partition coefficient (Wildman–Crippen LogP) is 5.84. The number of carbonyl (C=O) groups excluding carboxylic acids is 2. The Labute approximate surface area is 288 Å². The van der Waals surface area contributed by atoms with E-state index in [1.807, 2.05) is 24.3 Å². The number of piperidine rings is 2. The van der Waals surface area contributed by atoms with E-state index in [9.17, 15) is 46.1 Å². The number of nitrogens with zero attached hydrogens (tertiary/aromatic N) is 1. The fourth-order valence-corrected chi connectivity index (χ4v) is 5.41. The van der Waals surface area contributed by atoms with Gasteiger partial charge >= 0.3 is 12.7 Å². The second-order valence-electron chi connectivity index (χ2n) is 11.7. The van der Waals surface area contributed by atoms with E-state index in [0.29, 0.717) is 43.4 Å². The Bertz CT molecular complexity index is 1580. The quantitative estimate of drug-likeness (QED) is 0.183. The Hall–Kier alpha value is -4.09. The van der Waals surface area contributed by atoms with Crippen LogP contribution in [-0.2, 0) is 16.1 Å². The Morgan fingerprint density at radius 1 is 0.720 bits per heavy atom. The Morgan fingerprint density at radius 3 is 1.56 bits per heavy atom. The lowest BCUT2D eigenvalue weighted by Gasteiger charge is -2.37. The summed E-state index contributed by atoms with van der Waals surface area (Å²) in [6, 6.07) is 17.0. The largest absolute Gasteiger partial charge is 0.573 e. The van der Waals surface area contributed by atoms with Gasteiger partial charge < -0.3 is 35.6 Å². The molecule has 17 heteroatoms. The number of likely N-dealkylation sites (tertiary alicyclic amines) is 1. The first kappa shape index (κ1) is 38.7. The number of amides is 2. The Kier molecular flexibility index (Phi) is 12.6. The van der Waals surface area contributed by atoms with E-state index >= 15 is 0 Å². The van der Waals surface area contributed by atoms with Gasteiger partial charge in [-0.1, -0.05) is 29.8 Å². The van der Waals surface area contributed by atoms with Gasteiger partial charge in [-0.25, -0.2) is 0 Å². The molecule has 2 amide bonds. The van der Waals surface area contributed by atoms with E-state index in [0.717, 1.165) is 29.8 Å². The number of nitrogens with one attached hydrogen (secondary N) is 3. The van der Waals surface area contributed by atoms with Gasteiger partial charge in [-0.15, -0.1) is 26.3 Å². The summed E-state index contributed by atoms with van der Waals surface area (Å²) < 4.78 is 80.2. The summed E-state index contributed by atoms with van der Waals surface area (Å²) in [6.45, 7) is 2.70. The molecule has 5 N–H and O–H groups in total. The number of hydrogen-bond donors (Lipinski definition) is 5. The number of benzene rings is 3. The molecular formula is C33H35ClF6N4O6. The van der Waals surface area contributed by atoms with Gasteiger partial charge in [0.05, 0.1) is 0 Å². The second-order valence-corrected chi connectivity index (χ2v) is 12.1. The summed E-state index contributed by atoms with van der Waals surface area (Å²) in [4.78, 5) is 26.6. The first-order valence-electron chi connectivity index (χ1n) is 15.4. The van der Waals surface area contributed by atoms with Gasteiger partial charge in [0.25, 0.3) is 11.8 Å². The lowest BCUT2D eigenvalue weighted by atomic mass is 9.90. The van der Waals surface area contributed by atoms with Gasteiger partial charge in [0.1, 0.15) is 22.7 Å². The maximum atomic E-state index is 12.5. The summed E-state index contributed by atoms with van der Waals surface area (Å²) in [5, 5.41) is 29.6. The molecule has 2 aliphatic heterocycles. The number of carbonyl (C=O) groups is 2. The molecule has 3 aromatic carbocycles. The van der Waals surface area contributed by atoms with Crippen LogP contribution >= 0.6 is 11.6 Å². The normalized spacial score (nSPS) is 17.5. The van der Waals surface area contributed by atoms with Crippen LogP contribution in [0.4, 0.5) is 37.7 Å². The van der Waals surface area contributed by atoms with Gasteiger partial charge in [-0.3, -0.25) is 14.5 Å². The molecule has 2 fully saturated rings. The fraction of sp³-hybridized carbons (Fsp3) is 0.394. The molecule has 5 rings (SSSR count). The third-order valence-electron chi connectivity index (χ3n) is 8.00. The van der Waals surface area contributed by atoms with Crippen molar-refractivity contribution in [3.05, 3.63) is 83.4 Å². The number of hydrogen-bond acceptors (Lipinski definition) is 8. The predicted molar refractivity (Wildman–Crippen MR) is 171 cm³/mol. The summed E-state index contributed by atoms with van der Waals surface area (Å²) >= 11 is 6.18. The number of halogens is 7. The van der Waals surface area contributed by atoms with Gasteiger partial charge in [-0.2, -0.15) is 0 Å². The summed E-state index contributed by atoms with van der Waals surface area (Å²) in [5.41, 5.74) is -1.45. The zero-order valence-electron chi connectivity index (χ0n) is 26.4. The van der Waals surface area contributed by atoms with Gasteiger partial charge in [-0.05, 0) is 98.9 Å². The average Bonchev–Trinajstić information content (AvgIpc) is 3.04. The molecule has 2 saturated heterocycles. The first-order chi connectivity index (χ1) is 23.4. The van der Waals surface area contributed by atoms with Crippen molar-refractivity contribution >= 4 is 34.8 Å². The topological polar surface area (TPSA) is 132 Å². The van der Waals surface area contributed by atoms with E-state index in [-0.39, 0.29) is 42.9 Å². The highest BCUT2D eigenvalue weighted by Gasteiger charge is 2.40. The summed E-state index contributed by atoms with van der Waals surface area (Å²) in [5.74, 6) is -1.91. The van der Waals surface area contributed by atoms with Gasteiger partial charge in [0.15, 0.2) is 0 Å². The monoisotopic (exact) mass is 732 g/mol. The van der Waals surface area contributed by atoms with Crippen molar-refractivity contribution < 1.29 is 55.6 Å². The molecule has 0 unspecified atom stereocenters. The molecular weight excluding hydrogens is 698 g/mol. The Morgan fingerprint density at radius 2 is 1.14 bits per heavy atom. The molecule has 2 heterocycles. The summed E-state index contributed by atoms with van der Waals surface area (Å²) in [7, 11) is 0. The minimum Gasteiger partial charge on any atom is -0.406 e. The zero-order chi connectivity index (χ0) is 36.6. The van der Waals surface area contributed by atoms with E-state index in [2.05, 4.69) is 30.3 Å². The number of ether oxygens (including phenoxy) is 2. The molecule has 0 saturated carbocycles. The highest BCUT2D eigenvalue weighted by molar-refractivity contribution is 6.31. The Balaban J connectivity index is 0.000000237. The lowest BCUT2D eigenvalue weighted by molar-refractivity contribution is -0.275. The average molecular weight is 733 g/mol. The SMILES string of the molecule is O=C(Nc1ccc(OC(F)(F)F)cc1)C1(O)CCN(Cc2ccccc2Cl)CC1.O=C(Nc1ccc(OC(F)(F)F)cc1)C1(O)CCNCC1. The number of anilines is 2. The second kappa shape index (κ2) is 16.3. The smallest absolute Gasteiger partial charge is 0.406 e. The van der Waals surface area contributed by atoms with Crippen LogP contribution in [0.2, 0.25) is 5.02 Å². The van der Waals surface area contributed by atoms with Gasteiger partial charge in [0.2, 0.25) is 0 Å². The molecule has 0 radical (unpaired) electrons. The van der Waals surface area contributed by atoms with Crippen LogP contribution in [0, 0.1) is 0 Å². The number of alkyl halides is 6.